The van der Waals surface area contributed by atoms with Crippen molar-refractivity contribution in [2.45, 2.75) is 82.7 Å². The van der Waals surface area contributed by atoms with Crippen molar-refractivity contribution in [3.63, 3.8) is 0 Å². The number of hydrogen-bond donors (Lipinski definition) is 0. The summed E-state index contributed by atoms with van der Waals surface area (Å²) in [6, 6.07) is 11.6. The van der Waals surface area contributed by atoms with Gasteiger partial charge in [0, 0.05) is 24.7 Å². The minimum Gasteiger partial charge on any atom is -0.415 e. The Morgan fingerprint density at radius 1 is 1.13 bits per heavy atom. The molecule has 1 unspecified atom stereocenters. The molecular weight excluding hydrogens is 298 g/mol. The lowest BCUT2D eigenvalue weighted by molar-refractivity contribution is 0.116. The van der Waals surface area contributed by atoms with Gasteiger partial charge in [0.1, 0.15) is 0 Å². The number of nitrogens with zero attached hydrogens (tertiary/aromatic N) is 1. The maximum absolute atomic E-state index is 6.56. The molecule has 128 valence electrons. The van der Waals surface area contributed by atoms with Crippen molar-refractivity contribution in [3.05, 3.63) is 35.9 Å². The maximum Gasteiger partial charge on any atom is 0.192 e. The summed E-state index contributed by atoms with van der Waals surface area (Å²) in [5.41, 5.74) is 1.95. The van der Waals surface area contributed by atoms with Gasteiger partial charge in [0.05, 0.1) is 0 Å². The molecular formula is C20H33NOSi. The molecule has 0 N–H and O–H groups in total. The molecule has 0 bridgehead atoms. The van der Waals surface area contributed by atoms with Crippen LogP contribution in [0.2, 0.25) is 18.1 Å². The Morgan fingerprint density at radius 3 is 2.35 bits per heavy atom. The van der Waals surface area contributed by atoms with Crippen LogP contribution in [0.4, 0.5) is 0 Å². The SMILES string of the molecule is CC(C)(C)[Si](C)(C)OCC1CCC2(CC2)N1Cc1ccccc1. The minimum absolute atomic E-state index is 0.299. The normalized spacial score (nSPS) is 24.3. The van der Waals surface area contributed by atoms with Crippen LogP contribution in [0.5, 0.6) is 0 Å². The van der Waals surface area contributed by atoms with E-state index in [2.05, 4.69) is 69.1 Å². The van der Waals surface area contributed by atoms with Gasteiger partial charge >= 0.3 is 0 Å². The van der Waals surface area contributed by atoms with E-state index >= 15 is 0 Å². The lowest BCUT2D eigenvalue weighted by atomic mass is 10.1. The lowest BCUT2D eigenvalue weighted by Gasteiger charge is -2.38. The van der Waals surface area contributed by atoms with Crippen molar-refractivity contribution < 1.29 is 4.43 Å². The van der Waals surface area contributed by atoms with E-state index in [1.807, 2.05) is 0 Å². The molecule has 1 saturated heterocycles. The van der Waals surface area contributed by atoms with Crippen LogP contribution in [0.3, 0.4) is 0 Å². The highest BCUT2D eigenvalue weighted by atomic mass is 28.4. The molecule has 1 aliphatic heterocycles. The van der Waals surface area contributed by atoms with E-state index in [1.54, 1.807) is 0 Å². The highest BCUT2D eigenvalue weighted by Gasteiger charge is 2.54. The third kappa shape index (κ3) is 3.57. The van der Waals surface area contributed by atoms with Crippen LogP contribution < -0.4 is 0 Å². The molecule has 2 nitrogen and oxygen atoms in total. The molecule has 1 spiro atoms. The van der Waals surface area contributed by atoms with Crippen molar-refractivity contribution in [1.82, 2.24) is 4.90 Å². The Bertz CT molecular complexity index is 530. The largest absolute Gasteiger partial charge is 0.415 e. The van der Waals surface area contributed by atoms with Crippen LogP contribution in [0, 0.1) is 0 Å². The molecule has 23 heavy (non-hydrogen) atoms. The zero-order chi connectivity index (χ0) is 16.7. The average Bonchev–Trinajstić information content (AvgIpc) is 3.18. The monoisotopic (exact) mass is 331 g/mol. The Labute approximate surface area is 143 Å². The van der Waals surface area contributed by atoms with E-state index in [9.17, 15) is 0 Å². The fourth-order valence-corrected chi connectivity index (χ4v) is 4.62. The first-order chi connectivity index (χ1) is 10.7. The van der Waals surface area contributed by atoms with E-state index in [4.69, 9.17) is 4.43 Å². The second kappa shape index (κ2) is 6.02. The van der Waals surface area contributed by atoms with Gasteiger partial charge in [-0.05, 0) is 49.4 Å². The summed E-state index contributed by atoms with van der Waals surface area (Å²) in [4.78, 5) is 2.77. The molecule has 2 fully saturated rings. The quantitative estimate of drug-likeness (QED) is 0.687. The van der Waals surface area contributed by atoms with Crippen molar-refractivity contribution in [2.75, 3.05) is 6.61 Å². The van der Waals surface area contributed by atoms with E-state index in [0.29, 0.717) is 16.6 Å². The van der Waals surface area contributed by atoms with Gasteiger partial charge in [-0.25, -0.2) is 0 Å². The van der Waals surface area contributed by atoms with Crippen LogP contribution in [0.1, 0.15) is 52.0 Å². The first kappa shape index (κ1) is 17.2. The van der Waals surface area contributed by atoms with Gasteiger partial charge in [0.15, 0.2) is 8.32 Å². The highest BCUT2D eigenvalue weighted by Crippen LogP contribution is 2.52. The molecule has 1 heterocycles. The number of likely N-dealkylation sites (tertiary alicyclic amines) is 1. The Morgan fingerprint density at radius 2 is 1.78 bits per heavy atom. The van der Waals surface area contributed by atoms with Crippen LogP contribution in [-0.4, -0.2) is 31.4 Å². The topological polar surface area (TPSA) is 12.5 Å². The summed E-state index contributed by atoms with van der Waals surface area (Å²) in [6.07, 6.45) is 5.44. The fraction of sp³-hybridized carbons (Fsp3) is 0.700. The second-order valence-electron chi connectivity index (χ2n) is 9.10. The van der Waals surface area contributed by atoms with Gasteiger partial charge in [-0.15, -0.1) is 0 Å². The Hall–Kier alpha value is -0.643. The van der Waals surface area contributed by atoms with Crippen LogP contribution >= 0.6 is 0 Å². The molecule has 1 aromatic carbocycles. The smallest absolute Gasteiger partial charge is 0.192 e. The summed E-state index contributed by atoms with van der Waals surface area (Å²) in [6.45, 7) is 13.7. The molecule has 0 aromatic heterocycles. The van der Waals surface area contributed by atoms with Crippen molar-refractivity contribution in [3.8, 4) is 0 Å². The summed E-state index contributed by atoms with van der Waals surface area (Å²) < 4.78 is 6.56. The van der Waals surface area contributed by atoms with Gasteiger partial charge in [0.25, 0.3) is 0 Å². The highest BCUT2D eigenvalue weighted by molar-refractivity contribution is 6.74. The van der Waals surface area contributed by atoms with E-state index in [-0.39, 0.29) is 0 Å². The molecule has 1 aliphatic carbocycles. The lowest BCUT2D eigenvalue weighted by Crippen LogP contribution is -2.46. The number of benzene rings is 1. The maximum atomic E-state index is 6.56. The Kier molecular flexibility index (Phi) is 4.50. The Balaban J connectivity index is 1.67. The molecule has 3 rings (SSSR count). The van der Waals surface area contributed by atoms with Crippen LogP contribution in [0.25, 0.3) is 0 Å². The predicted octanol–water partition coefficient (Wildman–Crippen LogP) is 5.21. The minimum atomic E-state index is -1.65. The number of rotatable bonds is 5. The van der Waals surface area contributed by atoms with E-state index in [0.717, 1.165) is 13.2 Å². The standard InChI is InChI=1S/C20H33NOSi/c1-19(2,3)23(4,5)22-16-18-11-12-20(13-14-20)21(18)15-17-9-7-6-8-10-17/h6-10,18H,11-16H2,1-5H3. The van der Waals surface area contributed by atoms with Crippen LogP contribution in [-0.2, 0) is 11.0 Å². The first-order valence-corrected chi connectivity index (χ1v) is 12.1. The molecule has 1 saturated carbocycles. The van der Waals surface area contributed by atoms with Crippen molar-refractivity contribution in [1.29, 1.82) is 0 Å². The van der Waals surface area contributed by atoms with Crippen LogP contribution in [0.15, 0.2) is 30.3 Å². The summed E-state index contributed by atoms with van der Waals surface area (Å²) >= 11 is 0. The molecule has 2 aliphatic rings. The van der Waals surface area contributed by atoms with Gasteiger partial charge in [-0.3, -0.25) is 4.90 Å². The van der Waals surface area contributed by atoms with Gasteiger partial charge in [-0.2, -0.15) is 0 Å². The van der Waals surface area contributed by atoms with Gasteiger partial charge in [0.2, 0.25) is 0 Å². The third-order valence-electron chi connectivity index (χ3n) is 6.46. The molecule has 1 atom stereocenters. The van der Waals surface area contributed by atoms with Crippen molar-refractivity contribution in [2.24, 2.45) is 0 Å². The first-order valence-electron chi connectivity index (χ1n) is 9.18. The zero-order valence-corrected chi connectivity index (χ0v) is 16.6. The second-order valence-corrected chi connectivity index (χ2v) is 13.9. The van der Waals surface area contributed by atoms with Crippen molar-refractivity contribution >= 4 is 8.32 Å². The zero-order valence-electron chi connectivity index (χ0n) is 15.6. The third-order valence-corrected chi connectivity index (χ3v) is 11.0. The molecule has 3 heteroatoms. The summed E-state index contributed by atoms with van der Waals surface area (Å²) in [5, 5.41) is 0.299. The average molecular weight is 332 g/mol. The molecule has 0 radical (unpaired) electrons. The molecule has 1 aromatic rings. The van der Waals surface area contributed by atoms with E-state index in [1.165, 1.54) is 31.2 Å². The summed E-state index contributed by atoms with van der Waals surface area (Å²) in [5.74, 6) is 0. The van der Waals surface area contributed by atoms with Gasteiger partial charge < -0.3 is 4.43 Å². The van der Waals surface area contributed by atoms with E-state index < -0.39 is 8.32 Å². The number of hydrogen-bond acceptors (Lipinski definition) is 2. The fourth-order valence-electron chi connectivity index (χ4n) is 3.57. The summed E-state index contributed by atoms with van der Waals surface area (Å²) in [7, 11) is -1.65. The van der Waals surface area contributed by atoms with Gasteiger partial charge in [-0.1, -0.05) is 51.1 Å². The predicted molar refractivity (Wildman–Crippen MR) is 100 cm³/mol. The molecule has 0 amide bonds.